The SMILES string of the molecule is NS(=O)(=O)c1ccc(Br)c(C(=O)N2CCCN(CC3CCCCC3)CC2)c1. The lowest BCUT2D eigenvalue weighted by molar-refractivity contribution is 0.0758. The molecular weight excluding hydrogens is 430 g/mol. The number of carbonyl (C=O) groups is 1. The maximum absolute atomic E-state index is 13.0. The number of carbonyl (C=O) groups excluding carboxylic acids is 1. The van der Waals surface area contributed by atoms with Crippen molar-refractivity contribution in [2.75, 3.05) is 32.7 Å². The minimum atomic E-state index is -3.84. The predicted octanol–water partition coefficient (Wildman–Crippen LogP) is 2.82. The van der Waals surface area contributed by atoms with E-state index in [1.54, 1.807) is 6.07 Å². The average molecular weight is 458 g/mol. The molecule has 1 aromatic rings. The Morgan fingerprint density at radius 3 is 2.52 bits per heavy atom. The fourth-order valence-corrected chi connectivity index (χ4v) is 5.06. The lowest BCUT2D eigenvalue weighted by atomic mass is 9.89. The number of benzene rings is 1. The summed E-state index contributed by atoms with van der Waals surface area (Å²) in [4.78, 5) is 17.3. The Labute approximate surface area is 170 Å². The number of nitrogens with zero attached hydrogens (tertiary/aromatic N) is 2. The minimum absolute atomic E-state index is 0.0391. The Balaban J connectivity index is 1.65. The molecule has 0 bridgehead atoms. The van der Waals surface area contributed by atoms with Gasteiger partial charge in [0.05, 0.1) is 10.5 Å². The van der Waals surface area contributed by atoms with Crippen molar-refractivity contribution in [3.8, 4) is 0 Å². The summed E-state index contributed by atoms with van der Waals surface area (Å²) in [6.45, 7) is 4.36. The topological polar surface area (TPSA) is 83.7 Å². The van der Waals surface area contributed by atoms with E-state index < -0.39 is 10.0 Å². The van der Waals surface area contributed by atoms with Crippen LogP contribution in [0.2, 0.25) is 0 Å². The van der Waals surface area contributed by atoms with Gasteiger partial charge >= 0.3 is 0 Å². The van der Waals surface area contributed by atoms with Crippen LogP contribution in [0, 0.1) is 5.92 Å². The molecule has 2 N–H and O–H groups in total. The van der Waals surface area contributed by atoms with Gasteiger partial charge in [-0.3, -0.25) is 4.79 Å². The Bertz CT molecular complexity index is 778. The van der Waals surface area contributed by atoms with Crippen molar-refractivity contribution in [1.29, 1.82) is 0 Å². The van der Waals surface area contributed by atoms with Gasteiger partial charge in [-0.2, -0.15) is 0 Å². The summed E-state index contributed by atoms with van der Waals surface area (Å²) in [7, 11) is -3.84. The van der Waals surface area contributed by atoms with E-state index in [2.05, 4.69) is 20.8 Å². The number of amides is 1. The zero-order valence-electron chi connectivity index (χ0n) is 15.6. The van der Waals surface area contributed by atoms with Crippen LogP contribution in [0.15, 0.2) is 27.6 Å². The lowest BCUT2D eigenvalue weighted by Crippen LogP contribution is -2.37. The van der Waals surface area contributed by atoms with Crippen molar-refractivity contribution in [2.24, 2.45) is 11.1 Å². The van der Waals surface area contributed by atoms with Gasteiger partial charge in [0.2, 0.25) is 10.0 Å². The van der Waals surface area contributed by atoms with Gasteiger partial charge in [0.25, 0.3) is 5.91 Å². The molecule has 1 saturated carbocycles. The summed E-state index contributed by atoms with van der Waals surface area (Å²) < 4.78 is 23.8. The van der Waals surface area contributed by atoms with Gasteiger partial charge in [-0.05, 0) is 65.9 Å². The van der Waals surface area contributed by atoms with Crippen LogP contribution < -0.4 is 5.14 Å². The van der Waals surface area contributed by atoms with Crippen LogP contribution in [-0.2, 0) is 10.0 Å². The fourth-order valence-electron chi connectivity index (χ4n) is 4.11. The van der Waals surface area contributed by atoms with Gasteiger partial charge < -0.3 is 9.80 Å². The molecule has 3 rings (SSSR count). The van der Waals surface area contributed by atoms with E-state index in [0.29, 0.717) is 23.1 Å². The van der Waals surface area contributed by atoms with Crippen LogP contribution in [-0.4, -0.2) is 56.8 Å². The van der Waals surface area contributed by atoms with Crippen molar-refractivity contribution in [3.05, 3.63) is 28.2 Å². The maximum Gasteiger partial charge on any atom is 0.255 e. The average Bonchev–Trinajstić information content (AvgIpc) is 2.87. The van der Waals surface area contributed by atoms with Crippen molar-refractivity contribution in [1.82, 2.24) is 9.80 Å². The van der Waals surface area contributed by atoms with Gasteiger partial charge in [0.15, 0.2) is 0 Å². The monoisotopic (exact) mass is 457 g/mol. The molecule has 27 heavy (non-hydrogen) atoms. The molecule has 1 aromatic carbocycles. The quantitative estimate of drug-likeness (QED) is 0.752. The van der Waals surface area contributed by atoms with Crippen LogP contribution in [0.25, 0.3) is 0 Å². The van der Waals surface area contributed by atoms with Gasteiger partial charge in [0, 0.05) is 30.7 Å². The molecule has 0 spiro atoms. The van der Waals surface area contributed by atoms with Crippen LogP contribution in [0.5, 0.6) is 0 Å². The first-order valence-electron chi connectivity index (χ1n) is 9.68. The van der Waals surface area contributed by atoms with Crippen molar-refractivity contribution in [2.45, 2.75) is 43.4 Å². The predicted molar refractivity (Wildman–Crippen MR) is 109 cm³/mol. The Morgan fingerprint density at radius 1 is 1.07 bits per heavy atom. The highest BCUT2D eigenvalue weighted by atomic mass is 79.9. The number of hydrogen-bond donors (Lipinski definition) is 1. The largest absolute Gasteiger partial charge is 0.337 e. The number of rotatable bonds is 4. The molecule has 0 radical (unpaired) electrons. The summed E-state index contributed by atoms with van der Waals surface area (Å²) in [5.74, 6) is 0.647. The van der Waals surface area contributed by atoms with Crippen LogP contribution >= 0.6 is 15.9 Å². The second-order valence-electron chi connectivity index (χ2n) is 7.64. The standard InChI is InChI=1S/C19H28BrN3O3S/c20-18-8-7-16(27(21,25)26)13-17(18)19(24)23-10-4-9-22(11-12-23)14-15-5-2-1-3-6-15/h7-8,13,15H,1-6,9-12,14H2,(H2,21,25,26). The van der Waals surface area contributed by atoms with E-state index in [0.717, 1.165) is 32.0 Å². The molecule has 1 aliphatic carbocycles. The Kier molecular flexibility index (Phi) is 6.94. The maximum atomic E-state index is 13.0. The van der Waals surface area contributed by atoms with E-state index in [1.807, 2.05) is 4.90 Å². The van der Waals surface area contributed by atoms with E-state index in [4.69, 9.17) is 5.14 Å². The number of nitrogens with two attached hydrogens (primary N) is 1. The molecule has 1 saturated heterocycles. The molecule has 6 nitrogen and oxygen atoms in total. The molecular formula is C19H28BrN3O3S. The third-order valence-electron chi connectivity index (χ3n) is 5.61. The number of sulfonamides is 1. The van der Waals surface area contributed by atoms with E-state index in [9.17, 15) is 13.2 Å². The highest BCUT2D eigenvalue weighted by Crippen LogP contribution is 2.26. The Morgan fingerprint density at radius 2 is 1.81 bits per heavy atom. The summed E-state index contributed by atoms with van der Waals surface area (Å²) >= 11 is 3.37. The van der Waals surface area contributed by atoms with Crippen molar-refractivity contribution < 1.29 is 13.2 Å². The molecule has 2 fully saturated rings. The summed E-state index contributed by atoms with van der Waals surface area (Å²) in [5, 5.41) is 5.21. The third kappa shape index (κ3) is 5.53. The summed E-state index contributed by atoms with van der Waals surface area (Å²) in [6.07, 6.45) is 7.64. The van der Waals surface area contributed by atoms with E-state index in [-0.39, 0.29) is 10.8 Å². The smallest absolute Gasteiger partial charge is 0.255 e. The molecule has 0 atom stereocenters. The van der Waals surface area contributed by atoms with Gasteiger partial charge in [-0.25, -0.2) is 13.6 Å². The first-order valence-corrected chi connectivity index (χ1v) is 12.0. The number of primary sulfonamides is 1. The van der Waals surface area contributed by atoms with Crippen molar-refractivity contribution >= 4 is 31.9 Å². The molecule has 8 heteroatoms. The zero-order chi connectivity index (χ0) is 19.4. The summed E-state index contributed by atoms with van der Waals surface area (Å²) in [5.41, 5.74) is 0.349. The molecule has 2 aliphatic rings. The second kappa shape index (κ2) is 9.03. The molecule has 1 aliphatic heterocycles. The van der Waals surface area contributed by atoms with Gasteiger partial charge in [0.1, 0.15) is 0 Å². The van der Waals surface area contributed by atoms with E-state index in [1.165, 1.54) is 44.2 Å². The molecule has 0 aromatic heterocycles. The van der Waals surface area contributed by atoms with Crippen molar-refractivity contribution in [3.63, 3.8) is 0 Å². The highest BCUT2D eigenvalue weighted by Gasteiger charge is 2.25. The summed E-state index contributed by atoms with van der Waals surface area (Å²) in [6, 6.07) is 4.34. The van der Waals surface area contributed by atoms with Crippen LogP contribution in [0.4, 0.5) is 0 Å². The molecule has 1 amide bonds. The minimum Gasteiger partial charge on any atom is -0.337 e. The molecule has 150 valence electrons. The normalized spacial score (nSPS) is 20.4. The lowest BCUT2D eigenvalue weighted by Gasteiger charge is -2.28. The van der Waals surface area contributed by atoms with E-state index >= 15 is 0 Å². The molecule has 1 heterocycles. The first kappa shape index (κ1) is 20.8. The molecule has 0 unspecified atom stereocenters. The number of hydrogen-bond acceptors (Lipinski definition) is 4. The van der Waals surface area contributed by atoms with Gasteiger partial charge in [-0.1, -0.05) is 19.3 Å². The van der Waals surface area contributed by atoms with Crippen LogP contribution in [0.1, 0.15) is 48.9 Å². The third-order valence-corrected chi connectivity index (χ3v) is 7.22. The first-order chi connectivity index (χ1) is 12.8. The number of halogens is 1. The zero-order valence-corrected chi connectivity index (χ0v) is 18.0. The second-order valence-corrected chi connectivity index (χ2v) is 10.1. The van der Waals surface area contributed by atoms with Crippen LogP contribution in [0.3, 0.4) is 0 Å². The van der Waals surface area contributed by atoms with Gasteiger partial charge in [-0.15, -0.1) is 0 Å². The fraction of sp³-hybridized carbons (Fsp3) is 0.632. The Hall–Kier alpha value is -0.960. The highest BCUT2D eigenvalue weighted by molar-refractivity contribution is 9.10.